The summed E-state index contributed by atoms with van der Waals surface area (Å²) in [5.41, 5.74) is 2.04. The maximum absolute atomic E-state index is 12.7. The Hall–Kier alpha value is -2.84. The van der Waals surface area contributed by atoms with Crippen LogP contribution < -0.4 is 5.32 Å². The van der Waals surface area contributed by atoms with Crippen molar-refractivity contribution in [3.05, 3.63) is 53.3 Å². The van der Waals surface area contributed by atoms with E-state index in [1.165, 1.54) is 0 Å². The molecule has 7 nitrogen and oxygen atoms in total. The van der Waals surface area contributed by atoms with E-state index in [9.17, 15) is 9.90 Å². The first-order valence-corrected chi connectivity index (χ1v) is 12.5. The summed E-state index contributed by atoms with van der Waals surface area (Å²) in [7, 11) is 0. The van der Waals surface area contributed by atoms with Crippen LogP contribution in [0.1, 0.15) is 48.6 Å². The van der Waals surface area contributed by atoms with Crippen molar-refractivity contribution in [1.82, 2.24) is 19.9 Å². The second-order valence-electron chi connectivity index (χ2n) is 9.09. The number of anilines is 2. The van der Waals surface area contributed by atoms with E-state index < -0.39 is 0 Å². The monoisotopic (exact) mass is 463 g/mol. The number of likely N-dealkylation sites (tertiary alicyclic amines) is 1. The smallest absolute Gasteiger partial charge is 0.225 e. The zero-order valence-corrected chi connectivity index (χ0v) is 19.6. The molecule has 2 N–H and O–H groups in total. The highest BCUT2D eigenvalue weighted by Gasteiger charge is 2.33. The molecule has 5 rings (SSSR count). The summed E-state index contributed by atoms with van der Waals surface area (Å²) in [5.74, 6) is 2.24. The lowest BCUT2D eigenvalue weighted by Crippen LogP contribution is -2.36. The Morgan fingerprint density at radius 3 is 2.73 bits per heavy atom. The number of carbonyl (C=O) groups is 1. The molecular weight excluding hydrogens is 434 g/mol. The number of aliphatic hydroxyl groups is 1. The van der Waals surface area contributed by atoms with E-state index in [-0.39, 0.29) is 17.9 Å². The number of nitrogens with one attached hydrogen (secondary N) is 1. The van der Waals surface area contributed by atoms with Crippen molar-refractivity contribution in [2.75, 3.05) is 18.4 Å². The molecule has 33 heavy (non-hydrogen) atoms. The van der Waals surface area contributed by atoms with Crippen molar-refractivity contribution in [3.63, 3.8) is 0 Å². The lowest BCUT2D eigenvalue weighted by Gasteiger charge is -2.29. The minimum absolute atomic E-state index is 0.0886. The van der Waals surface area contributed by atoms with Gasteiger partial charge in [0.15, 0.2) is 0 Å². The van der Waals surface area contributed by atoms with Gasteiger partial charge in [-0.3, -0.25) is 4.79 Å². The molecule has 2 aliphatic rings. The van der Waals surface area contributed by atoms with Crippen LogP contribution in [0.15, 0.2) is 42.7 Å². The van der Waals surface area contributed by atoms with E-state index in [4.69, 9.17) is 9.97 Å². The second kappa shape index (κ2) is 9.57. The minimum atomic E-state index is -0.352. The molecule has 8 heteroatoms. The first kappa shape index (κ1) is 22.0. The molecule has 1 saturated carbocycles. The fraction of sp³-hybridized carbons (Fsp3) is 0.440. The maximum atomic E-state index is 12.7. The predicted molar refractivity (Wildman–Crippen MR) is 130 cm³/mol. The molecule has 1 aliphatic carbocycles. The Morgan fingerprint density at radius 2 is 1.97 bits per heavy atom. The number of aryl methyl sites for hydroxylation is 1. The van der Waals surface area contributed by atoms with Gasteiger partial charge < -0.3 is 15.3 Å². The number of amides is 1. The molecule has 1 unspecified atom stereocenters. The Kier molecular flexibility index (Phi) is 6.37. The number of thiazole rings is 1. The van der Waals surface area contributed by atoms with Crippen LogP contribution in [0, 0.1) is 12.8 Å². The number of rotatable bonds is 5. The van der Waals surface area contributed by atoms with Gasteiger partial charge in [0.05, 0.1) is 21.7 Å². The van der Waals surface area contributed by atoms with Crippen LogP contribution in [-0.4, -0.2) is 50.1 Å². The zero-order valence-electron chi connectivity index (χ0n) is 18.8. The number of pyridine rings is 2. The van der Waals surface area contributed by atoms with Crippen LogP contribution in [-0.2, 0) is 4.79 Å². The highest BCUT2D eigenvalue weighted by atomic mass is 32.1. The highest BCUT2D eigenvalue weighted by Crippen LogP contribution is 2.40. The summed E-state index contributed by atoms with van der Waals surface area (Å²) in [6.07, 6.45) is 7.80. The molecular formula is C25H29N5O2S. The number of aliphatic hydroxyl groups excluding tert-OH is 1. The van der Waals surface area contributed by atoms with Crippen molar-refractivity contribution in [2.24, 2.45) is 5.92 Å². The van der Waals surface area contributed by atoms with Crippen LogP contribution in [0.5, 0.6) is 0 Å². The van der Waals surface area contributed by atoms with Crippen molar-refractivity contribution in [3.8, 4) is 10.6 Å². The second-order valence-corrected chi connectivity index (χ2v) is 10.2. The van der Waals surface area contributed by atoms with Gasteiger partial charge in [0.2, 0.25) is 5.91 Å². The zero-order chi connectivity index (χ0) is 22.8. The van der Waals surface area contributed by atoms with Gasteiger partial charge >= 0.3 is 0 Å². The van der Waals surface area contributed by atoms with Gasteiger partial charge in [-0.15, -0.1) is 11.3 Å². The summed E-state index contributed by atoms with van der Waals surface area (Å²) in [5, 5.41) is 14.1. The van der Waals surface area contributed by atoms with Crippen molar-refractivity contribution in [2.45, 2.75) is 51.0 Å². The van der Waals surface area contributed by atoms with E-state index in [2.05, 4.69) is 10.3 Å². The highest BCUT2D eigenvalue weighted by molar-refractivity contribution is 7.15. The van der Waals surface area contributed by atoms with Crippen LogP contribution in [0.3, 0.4) is 0 Å². The molecule has 1 atom stereocenters. The minimum Gasteiger partial charge on any atom is -0.391 e. The SMILES string of the molecule is Cc1ccnc(Nc2cccc(-c3cnc([C@H]4CC[C@H](C(=O)N5CCC(O)C5)CC4)s3)n2)c1. The van der Waals surface area contributed by atoms with Gasteiger partial charge in [-0.25, -0.2) is 15.0 Å². The van der Waals surface area contributed by atoms with E-state index in [0.717, 1.165) is 58.5 Å². The molecule has 0 spiro atoms. The van der Waals surface area contributed by atoms with E-state index in [0.29, 0.717) is 25.4 Å². The van der Waals surface area contributed by atoms with Crippen molar-refractivity contribution < 1.29 is 9.90 Å². The van der Waals surface area contributed by atoms with E-state index >= 15 is 0 Å². The van der Waals surface area contributed by atoms with Gasteiger partial charge in [-0.2, -0.15) is 0 Å². The molecule has 4 heterocycles. The largest absolute Gasteiger partial charge is 0.391 e. The predicted octanol–water partition coefficient (Wildman–Crippen LogP) is 4.52. The number of carbonyl (C=O) groups excluding carboxylic acids is 1. The molecule has 3 aromatic heterocycles. The van der Waals surface area contributed by atoms with Crippen molar-refractivity contribution in [1.29, 1.82) is 0 Å². The molecule has 0 radical (unpaired) electrons. The number of nitrogens with zero attached hydrogens (tertiary/aromatic N) is 4. The van der Waals surface area contributed by atoms with Crippen LogP contribution in [0.4, 0.5) is 11.6 Å². The first-order valence-electron chi connectivity index (χ1n) is 11.6. The third-order valence-corrected chi connectivity index (χ3v) is 7.78. The third-order valence-electron chi connectivity index (χ3n) is 6.60. The lowest BCUT2D eigenvalue weighted by molar-refractivity contribution is -0.135. The molecule has 1 saturated heterocycles. The fourth-order valence-corrected chi connectivity index (χ4v) is 5.82. The van der Waals surface area contributed by atoms with Crippen LogP contribution in [0.25, 0.3) is 10.6 Å². The maximum Gasteiger partial charge on any atom is 0.225 e. The average Bonchev–Trinajstić information content (AvgIpc) is 3.49. The fourth-order valence-electron chi connectivity index (χ4n) is 4.76. The van der Waals surface area contributed by atoms with Gasteiger partial charge in [-0.05, 0) is 68.9 Å². The third kappa shape index (κ3) is 5.07. The number of β-amino-alcohol motifs (C(OH)–C–C–N with tert-alkyl or cyclic N) is 1. The summed E-state index contributed by atoms with van der Waals surface area (Å²) in [6, 6.07) is 9.89. The van der Waals surface area contributed by atoms with Gasteiger partial charge in [0.25, 0.3) is 0 Å². The molecule has 2 fully saturated rings. The number of hydrogen-bond acceptors (Lipinski definition) is 7. The van der Waals surface area contributed by atoms with Gasteiger partial charge in [-0.1, -0.05) is 6.07 Å². The quantitative estimate of drug-likeness (QED) is 0.578. The summed E-state index contributed by atoms with van der Waals surface area (Å²) in [4.78, 5) is 29.5. The molecule has 1 aliphatic heterocycles. The summed E-state index contributed by atoms with van der Waals surface area (Å²) in [6.45, 7) is 3.22. The Bertz CT molecular complexity index is 1130. The van der Waals surface area contributed by atoms with Crippen LogP contribution >= 0.6 is 11.3 Å². The van der Waals surface area contributed by atoms with Gasteiger partial charge in [0, 0.05) is 37.3 Å². The Labute approximate surface area is 197 Å². The standard InChI is InChI=1S/C25H29N5O2S/c1-16-9-11-26-23(13-16)29-22-4-2-3-20(28-22)21-14-27-24(33-21)17-5-7-18(8-6-17)25(32)30-12-10-19(31)15-30/h2-4,9,11,13-14,17-19,31H,5-8,10,12,15H2,1H3,(H,26,28,29)/t17-,18-,19?. The number of aromatic nitrogens is 3. The summed E-state index contributed by atoms with van der Waals surface area (Å²) >= 11 is 1.70. The van der Waals surface area contributed by atoms with Crippen LogP contribution in [0.2, 0.25) is 0 Å². The molecule has 0 aromatic carbocycles. The Balaban J connectivity index is 1.21. The topological polar surface area (TPSA) is 91.2 Å². The molecule has 0 bridgehead atoms. The summed E-state index contributed by atoms with van der Waals surface area (Å²) < 4.78 is 0. The molecule has 3 aromatic rings. The first-order chi connectivity index (χ1) is 16.0. The number of hydrogen-bond donors (Lipinski definition) is 2. The molecule has 172 valence electrons. The average molecular weight is 464 g/mol. The normalized spacial score (nSPS) is 23.0. The van der Waals surface area contributed by atoms with Gasteiger partial charge in [0.1, 0.15) is 11.6 Å². The Morgan fingerprint density at radius 1 is 1.12 bits per heavy atom. The van der Waals surface area contributed by atoms with E-state index in [1.54, 1.807) is 17.5 Å². The lowest BCUT2D eigenvalue weighted by atomic mass is 9.81. The molecule has 1 amide bonds. The van der Waals surface area contributed by atoms with E-state index in [1.807, 2.05) is 48.4 Å². The van der Waals surface area contributed by atoms with Crippen molar-refractivity contribution >= 4 is 28.9 Å².